The quantitative estimate of drug-likeness (QED) is 0.489. The van der Waals surface area contributed by atoms with Crippen molar-refractivity contribution in [2.24, 2.45) is 0 Å². The SMILES string of the molecule is [B]c1cccc2c1OCCC2. The first-order chi connectivity index (χ1) is 5.38. The average Bonchev–Trinajstić information content (AvgIpc) is 2.06. The Morgan fingerprint density at radius 3 is 3.09 bits per heavy atom. The molecule has 2 heteroatoms. The lowest BCUT2D eigenvalue weighted by Crippen LogP contribution is -2.17. The van der Waals surface area contributed by atoms with Crippen molar-refractivity contribution in [3.63, 3.8) is 0 Å². The molecule has 0 saturated heterocycles. The zero-order valence-corrected chi connectivity index (χ0v) is 6.34. The molecule has 1 heterocycles. The number of fused-ring (bicyclic) bond motifs is 1. The number of aryl methyl sites for hydroxylation is 1. The summed E-state index contributed by atoms with van der Waals surface area (Å²) in [6, 6.07) is 5.93. The van der Waals surface area contributed by atoms with Gasteiger partial charge in [0.1, 0.15) is 13.6 Å². The molecule has 0 fully saturated rings. The molecule has 0 bridgehead atoms. The topological polar surface area (TPSA) is 9.23 Å². The Kier molecular flexibility index (Phi) is 1.61. The van der Waals surface area contributed by atoms with E-state index in [2.05, 4.69) is 6.07 Å². The lowest BCUT2D eigenvalue weighted by Gasteiger charge is -2.18. The van der Waals surface area contributed by atoms with Gasteiger partial charge in [-0.05, 0) is 18.4 Å². The predicted molar refractivity (Wildman–Crippen MR) is 45.6 cm³/mol. The van der Waals surface area contributed by atoms with Gasteiger partial charge in [-0.1, -0.05) is 23.7 Å². The number of hydrogen-bond donors (Lipinski definition) is 0. The van der Waals surface area contributed by atoms with Gasteiger partial charge in [0.2, 0.25) is 0 Å². The Balaban J connectivity index is 2.49. The van der Waals surface area contributed by atoms with Crippen molar-refractivity contribution >= 4 is 13.3 Å². The van der Waals surface area contributed by atoms with Gasteiger partial charge in [0, 0.05) is 0 Å². The highest BCUT2D eigenvalue weighted by Gasteiger charge is 2.10. The standard InChI is InChI=1S/C9H9BO/c10-8-5-1-3-7-4-2-6-11-9(7)8/h1,3,5H,2,4,6H2. The van der Waals surface area contributed by atoms with E-state index in [1.165, 1.54) is 5.56 Å². The third kappa shape index (κ3) is 1.13. The van der Waals surface area contributed by atoms with E-state index < -0.39 is 0 Å². The fraction of sp³-hybridized carbons (Fsp3) is 0.333. The maximum atomic E-state index is 5.72. The van der Waals surface area contributed by atoms with Crippen molar-refractivity contribution in [1.82, 2.24) is 0 Å². The van der Waals surface area contributed by atoms with Crippen LogP contribution in [0.4, 0.5) is 0 Å². The highest BCUT2D eigenvalue weighted by atomic mass is 16.5. The summed E-state index contributed by atoms with van der Waals surface area (Å²) in [7, 11) is 5.72. The van der Waals surface area contributed by atoms with Gasteiger partial charge in [-0.25, -0.2) is 0 Å². The average molecular weight is 144 g/mol. The van der Waals surface area contributed by atoms with Crippen LogP contribution in [0.5, 0.6) is 5.75 Å². The maximum absolute atomic E-state index is 5.72. The number of para-hydroxylation sites is 1. The van der Waals surface area contributed by atoms with Crippen molar-refractivity contribution in [3.05, 3.63) is 23.8 Å². The molecule has 0 atom stereocenters. The van der Waals surface area contributed by atoms with E-state index in [1.54, 1.807) is 0 Å². The molecule has 1 aliphatic rings. The number of rotatable bonds is 0. The zero-order chi connectivity index (χ0) is 7.68. The van der Waals surface area contributed by atoms with Gasteiger partial charge >= 0.3 is 0 Å². The lowest BCUT2D eigenvalue weighted by molar-refractivity contribution is 0.291. The largest absolute Gasteiger partial charge is 0.494 e. The van der Waals surface area contributed by atoms with E-state index in [0.29, 0.717) is 0 Å². The van der Waals surface area contributed by atoms with E-state index in [4.69, 9.17) is 12.6 Å². The molecule has 0 saturated carbocycles. The Morgan fingerprint density at radius 2 is 2.27 bits per heavy atom. The minimum absolute atomic E-state index is 0.766. The van der Waals surface area contributed by atoms with E-state index in [1.807, 2.05) is 12.1 Å². The van der Waals surface area contributed by atoms with Crippen LogP contribution in [0.25, 0.3) is 0 Å². The van der Waals surface area contributed by atoms with E-state index >= 15 is 0 Å². The molecule has 54 valence electrons. The first kappa shape index (κ1) is 6.77. The molecule has 0 aliphatic carbocycles. The summed E-state index contributed by atoms with van der Waals surface area (Å²) in [6.07, 6.45) is 2.21. The second-order valence-corrected chi connectivity index (χ2v) is 2.79. The summed E-state index contributed by atoms with van der Waals surface area (Å²) in [5.74, 6) is 0.902. The lowest BCUT2D eigenvalue weighted by atomic mass is 9.90. The van der Waals surface area contributed by atoms with Crippen LogP contribution < -0.4 is 10.2 Å². The van der Waals surface area contributed by atoms with Crippen LogP contribution in [0.3, 0.4) is 0 Å². The molecular weight excluding hydrogens is 135 g/mol. The second-order valence-electron chi connectivity index (χ2n) is 2.79. The third-order valence-corrected chi connectivity index (χ3v) is 1.96. The van der Waals surface area contributed by atoms with Gasteiger partial charge in [-0.2, -0.15) is 0 Å². The summed E-state index contributed by atoms with van der Waals surface area (Å²) in [4.78, 5) is 0. The second kappa shape index (κ2) is 2.61. The summed E-state index contributed by atoms with van der Waals surface area (Å²) in [5, 5.41) is 0. The highest BCUT2D eigenvalue weighted by Crippen LogP contribution is 2.20. The minimum atomic E-state index is 0.766. The molecule has 1 aromatic rings. The molecule has 0 unspecified atom stereocenters. The van der Waals surface area contributed by atoms with Crippen LogP contribution in [-0.2, 0) is 6.42 Å². The van der Waals surface area contributed by atoms with Crippen molar-refractivity contribution in [2.75, 3.05) is 6.61 Å². The van der Waals surface area contributed by atoms with Gasteiger partial charge in [-0.3, -0.25) is 0 Å². The minimum Gasteiger partial charge on any atom is -0.494 e. The van der Waals surface area contributed by atoms with Gasteiger partial charge in [0.15, 0.2) is 0 Å². The van der Waals surface area contributed by atoms with Gasteiger partial charge in [-0.15, -0.1) is 0 Å². The fourth-order valence-electron chi connectivity index (χ4n) is 1.41. The molecule has 1 aliphatic heterocycles. The van der Waals surface area contributed by atoms with Crippen molar-refractivity contribution in [1.29, 1.82) is 0 Å². The van der Waals surface area contributed by atoms with Crippen LogP contribution >= 0.6 is 0 Å². The first-order valence-corrected chi connectivity index (χ1v) is 3.88. The van der Waals surface area contributed by atoms with E-state index in [9.17, 15) is 0 Å². The molecule has 0 N–H and O–H groups in total. The van der Waals surface area contributed by atoms with Crippen molar-refractivity contribution < 1.29 is 4.74 Å². The van der Waals surface area contributed by atoms with Crippen LogP contribution in [0.15, 0.2) is 18.2 Å². The molecule has 11 heavy (non-hydrogen) atoms. The third-order valence-electron chi connectivity index (χ3n) is 1.96. The highest BCUT2D eigenvalue weighted by molar-refractivity contribution is 6.34. The van der Waals surface area contributed by atoms with Crippen LogP contribution in [0.2, 0.25) is 0 Å². The molecule has 1 aromatic carbocycles. The maximum Gasteiger partial charge on any atom is 0.119 e. The summed E-state index contributed by atoms with van der Waals surface area (Å²) in [6.45, 7) is 0.807. The Labute approximate surface area is 67.8 Å². The fourth-order valence-corrected chi connectivity index (χ4v) is 1.41. The molecular formula is C9H9BO. The normalized spacial score (nSPS) is 15.3. The van der Waals surface area contributed by atoms with Crippen LogP contribution in [0, 0.1) is 0 Å². The van der Waals surface area contributed by atoms with Crippen LogP contribution in [-0.4, -0.2) is 14.5 Å². The van der Waals surface area contributed by atoms with Gasteiger partial charge in [0.05, 0.1) is 6.61 Å². The van der Waals surface area contributed by atoms with Crippen molar-refractivity contribution in [3.8, 4) is 5.75 Å². The smallest absolute Gasteiger partial charge is 0.119 e. The van der Waals surface area contributed by atoms with E-state index in [-0.39, 0.29) is 0 Å². The summed E-state index contributed by atoms with van der Waals surface area (Å²) < 4.78 is 5.43. The molecule has 2 radical (unpaired) electrons. The van der Waals surface area contributed by atoms with Gasteiger partial charge in [0.25, 0.3) is 0 Å². The zero-order valence-electron chi connectivity index (χ0n) is 6.34. The Bertz CT molecular complexity index is 270. The first-order valence-electron chi connectivity index (χ1n) is 3.88. The predicted octanol–water partition coefficient (Wildman–Crippen LogP) is 0.805. The van der Waals surface area contributed by atoms with E-state index in [0.717, 1.165) is 30.7 Å². The number of hydrogen-bond acceptors (Lipinski definition) is 1. The Morgan fingerprint density at radius 1 is 1.36 bits per heavy atom. The molecule has 1 nitrogen and oxygen atoms in total. The molecule has 2 rings (SSSR count). The molecule has 0 amide bonds. The van der Waals surface area contributed by atoms with Crippen LogP contribution in [0.1, 0.15) is 12.0 Å². The number of benzene rings is 1. The monoisotopic (exact) mass is 144 g/mol. The van der Waals surface area contributed by atoms with Crippen molar-refractivity contribution in [2.45, 2.75) is 12.8 Å². The molecule has 0 aromatic heterocycles. The summed E-state index contributed by atoms with van der Waals surface area (Å²) in [5.41, 5.74) is 2.01. The summed E-state index contributed by atoms with van der Waals surface area (Å²) >= 11 is 0. The Hall–Kier alpha value is -0.915. The molecule has 0 spiro atoms. The number of ether oxygens (including phenoxy) is 1. The van der Waals surface area contributed by atoms with Gasteiger partial charge < -0.3 is 4.74 Å².